The molecule has 0 saturated carbocycles. The first-order valence-corrected chi connectivity index (χ1v) is 7.55. The Morgan fingerprint density at radius 3 is 2.24 bits per heavy atom. The van der Waals surface area contributed by atoms with Crippen LogP contribution in [0.15, 0.2) is 36.4 Å². The van der Waals surface area contributed by atoms with Crippen LogP contribution >= 0.6 is 23.2 Å². The normalized spacial score (nSPS) is 13.1. The second-order valence-electron chi connectivity index (χ2n) is 5.35. The van der Waals surface area contributed by atoms with Crippen molar-refractivity contribution in [3.05, 3.63) is 73.2 Å². The van der Waals surface area contributed by atoms with E-state index in [1.165, 1.54) is 25.1 Å². The average molecular weight is 384 g/mol. The van der Waals surface area contributed by atoms with Crippen molar-refractivity contribution in [1.82, 2.24) is 0 Å². The third-order valence-corrected chi connectivity index (χ3v) is 4.44. The van der Waals surface area contributed by atoms with Crippen LogP contribution in [0.2, 0.25) is 10.0 Å². The minimum Gasteiger partial charge on any atom is -0.480 e. The van der Waals surface area contributed by atoms with Crippen LogP contribution in [0.1, 0.15) is 28.4 Å². The fraction of sp³-hybridized carbons (Fsp3) is 0.125. The Labute approximate surface area is 151 Å². The fourth-order valence-corrected chi connectivity index (χ4v) is 2.96. The summed E-state index contributed by atoms with van der Waals surface area (Å²) < 4.78 is 0. The molecular weight excluding hydrogens is 373 g/mol. The molecule has 0 heterocycles. The van der Waals surface area contributed by atoms with Gasteiger partial charge in [0, 0.05) is 16.1 Å². The van der Waals surface area contributed by atoms with E-state index in [9.17, 15) is 24.8 Å². The van der Waals surface area contributed by atoms with Gasteiger partial charge >= 0.3 is 11.9 Å². The molecule has 2 N–H and O–H groups in total. The van der Waals surface area contributed by atoms with Gasteiger partial charge in [0.1, 0.15) is 5.41 Å². The Hall–Kier alpha value is -2.64. The lowest BCUT2D eigenvalue weighted by atomic mass is 9.75. The molecule has 7 nitrogen and oxygen atoms in total. The third-order valence-electron chi connectivity index (χ3n) is 3.87. The lowest BCUT2D eigenvalue weighted by Crippen LogP contribution is -2.35. The predicted molar refractivity (Wildman–Crippen MR) is 90.6 cm³/mol. The van der Waals surface area contributed by atoms with E-state index < -0.39 is 28.0 Å². The molecule has 0 amide bonds. The monoisotopic (exact) mass is 383 g/mol. The lowest BCUT2D eigenvalue weighted by Gasteiger charge is -2.27. The van der Waals surface area contributed by atoms with Crippen LogP contribution in [0, 0.1) is 10.1 Å². The summed E-state index contributed by atoms with van der Waals surface area (Å²) in [5, 5.41) is 30.4. The molecule has 0 unspecified atom stereocenters. The van der Waals surface area contributed by atoms with Gasteiger partial charge in [-0.3, -0.25) is 14.9 Å². The summed E-state index contributed by atoms with van der Waals surface area (Å²) in [4.78, 5) is 33.9. The van der Waals surface area contributed by atoms with Crippen LogP contribution < -0.4 is 0 Å². The van der Waals surface area contributed by atoms with Crippen molar-refractivity contribution in [3.63, 3.8) is 0 Å². The molecule has 0 bridgehead atoms. The number of benzene rings is 2. The Morgan fingerprint density at radius 1 is 1.08 bits per heavy atom. The van der Waals surface area contributed by atoms with Crippen molar-refractivity contribution < 1.29 is 24.7 Å². The SMILES string of the molecule is C[C@](C(=O)O)(c1cc(C(=O)O)ccc1Cl)c1cc(Cl)ccc1[N+](=O)[O-]. The van der Waals surface area contributed by atoms with E-state index in [1.807, 2.05) is 0 Å². The van der Waals surface area contributed by atoms with Crippen molar-refractivity contribution in [2.75, 3.05) is 0 Å². The number of aliphatic carboxylic acids is 1. The van der Waals surface area contributed by atoms with Crippen LogP contribution in [0.4, 0.5) is 5.69 Å². The molecule has 0 fully saturated rings. The topological polar surface area (TPSA) is 118 Å². The molecule has 130 valence electrons. The van der Waals surface area contributed by atoms with Gasteiger partial charge in [-0.1, -0.05) is 23.2 Å². The average Bonchev–Trinajstić information content (AvgIpc) is 2.53. The number of carbonyl (C=O) groups is 2. The summed E-state index contributed by atoms with van der Waals surface area (Å²) >= 11 is 12.0. The molecule has 2 aromatic rings. The molecule has 0 saturated heterocycles. The van der Waals surface area contributed by atoms with E-state index >= 15 is 0 Å². The highest BCUT2D eigenvalue weighted by atomic mass is 35.5. The van der Waals surface area contributed by atoms with E-state index in [2.05, 4.69) is 0 Å². The van der Waals surface area contributed by atoms with Crippen molar-refractivity contribution in [2.24, 2.45) is 0 Å². The quantitative estimate of drug-likeness (QED) is 0.595. The summed E-state index contributed by atoms with van der Waals surface area (Å²) in [5.74, 6) is -2.73. The van der Waals surface area contributed by atoms with E-state index in [1.54, 1.807) is 0 Å². The van der Waals surface area contributed by atoms with Crippen molar-refractivity contribution >= 4 is 40.8 Å². The van der Waals surface area contributed by atoms with Gasteiger partial charge in [-0.25, -0.2) is 4.79 Å². The molecular formula is C16H11Cl2NO6. The van der Waals surface area contributed by atoms with Gasteiger partial charge in [0.25, 0.3) is 5.69 Å². The highest BCUT2D eigenvalue weighted by molar-refractivity contribution is 6.32. The smallest absolute Gasteiger partial charge is 0.335 e. The van der Waals surface area contributed by atoms with Crippen LogP contribution in [0.3, 0.4) is 0 Å². The molecule has 0 aromatic heterocycles. The molecule has 0 aliphatic rings. The second-order valence-corrected chi connectivity index (χ2v) is 6.19. The zero-order chi connectivity index (χ0) is 18.9. The Balaban J connectivity index is 2.89. The highest BCUT2D eigenvalue weighted by Gasteiger charge is 2.44. The fourth-order valence-electron chi connectivity index (χ4n) is 2.48. The number of nitro benzene ring substituents is 1. The van der Waals surface area contributed by atoms with Gasteiger partial charge < -0.3 is 10.2 Å². The number of nitrogens with zero attached hydrogens (tertiary/aromatic N) is 1. The Kier molecular flexibility index (Phi) is 5.01. The number of carboxylic acid groups (broad SMARTS) is 2. The maximum Gasteiger partial charge on any atom is 0.335 e. The van der Waals surface area contributed by atoms with E-state index in [0.29, 0.717) is 0 Å². The molecule has 1 atom stereocenters. The van der Waals surface area contributed by atoms with Crippen LogP contribution in [-0.4, -0.2) is 27.1 Å². The summed E-state index contributed by atoms with van der Waals surface area (Å²) in [5.41, 5.74) is -2.95. The van der Waals surface area contributed by atoms with Crippen LogP contribution in [0.5, 0.6) is 0 Å². The van der Waals surface area contributed by atoms with Gasteiger partial charge in [0.2, 0.25) is 0 Å². The first kappa shape index (κ1) is 18.7. The number of rotatable bonds is 5. The molecule has 0 aliphatic heterocycles. The van der Waals surface area contributed by atoms with Gasteiger partial charge in [0.15, 0.2) is 0 Å². The second kappa shape index (κ2) is 6.70. The molecule has 25 heavy (non-hydrogen) atoms. The lowest BCUT2D eigenvalue weighted by molar-refractivity contribution is -0.385. The number of carboxylic acids is 2. The standard InChI is InChI=1S/C16H11Cl2NO6/c1-16(15(22)23,10-6-8(14(20)21)2-4-12(10)18)11-7-9(17)3-5-13(11)19(24)25/h2-7H,1H3,(H,20,21)(H,22,23)/t16-/m0/s1. The van der Waals surface area contributed by atoms with E-state index in [0.717, 1.165) is 18.2 Å². The van der Waals surface area contributed by atoms with Gasteiger partial charge in [0.05, 0.1) is 16.1 Å². The molecule has 9 heteroatoms. The molecule has 2 aromatic carbocycles. The van der Waals surface area contributed by atoms with Gasteiger partial charge in [-0.05, 0) is 42.8 Å². The summed E-state index contributed by atoms with van der Waals surface area (Å²) in [6.45, 7) is 1.21. The summed E-state index contributed by atoms with van der Waals surface area (Å²) in [6, 6.07) is 7.05. The van der Waals surface area contributed by atoms with Crippen LogP contribution in [-0.2, 0) is 10.2 Å². The number of halogens is 2. The third kappa shape index (κ3) is 3.29. The predicted octanol–water partition coefficient (Wildman–Crippen LogP) is 3.99. The maximum absolute atomic E-state index is 12.1. The maximum atomic E-state index is 12.1. The minimum absolute atomic E-state index is 0.0378. The summed E-state index contributed by atoms with van der Waals surface area (Å²) in [7, 11) is 0. The van der Waals surface area contributed by atoms with Crippen LogP contribution in [0.25, 0.3) is 0 Å². The molecule has 0 spiro atoms. The zero-order valence-corrected chi connectivity index (χ0v) is 14.2. The zero-order valence-electron chi connectivity index (χ0n) is 12.7. The van der Waals surface area contributed by atoms with Gasteiger partial charge in [-0.2, -0.15) is 0 Å². The number of aromatic carboxylic acids is 1. The van der Waals surface area contributed by atoms with E-state index in [-0.39, 0.29) is 26.7 Å². The Bertz CT molecular complexity index is 898. The Morgan fingerprint density at radius 2 is 1.72 bits per heavy atom. The number of hydrogen-bond acceptors (Lipinski definition) is 4. The molecule has 0 aliphatic carbocycles. The summed E-state index contributed by atoms with van der Waals surface area (Å²) in [6.07, 6.45) is 0. The highest BCUT2D eigenvalue weighted by Crippen LogP contribution is 2.42. The largest absolute Gasteiger partial charge is 0.480 e. The van der Waals surface area contributed by atoms with E-state index in [4.69, 9.17) is 28.3 Å². The molecule has 2 rings (SSSR count). The minimum atomic E-state index is -1.99. The first-order valence-electron chi connectivity index (χ1n) is 6.80. The van der Waals surface area contributed by atoms with Gasteiger partial charge in [-0.15, -0.1) is 0 Å². The molecule has 0 radical (unpaired) electrons. The number of nitro groups is 1. The van der Waals surface area contributed by atoms with Crippen molar-refractivity contribution in [2.45, 2.75) is 12.3 Å². The number of hydrogen-bond donors (Lipinski definition) is 2. The van der Waals surface area contributed by atoms with Crippen molar-refractivity contribution in [1.29, 1.82) is 0 Å². The van der Waals surface area contributed by atoms with Crippen molar-refractivity contribution in [3.8, 4) is 0 Å². The first-order chi connectivity index (χ1) is 11.6.